The smallest absolute Gasteiger partial charge is 0.256 e. The molecule has 2 aromatic carbocycles. The van der Waals surface area contributed by atoms with E-state index in [1.165, 1.54) is 4.88 Å². The van der Waals surface area contributed by atoms with Gasteiger partial charge in [0.2, 0.25) is 0 Å². The number of nitrogens with zero attached hydrogens (tertiary/aromatic N) is 2. The van der Waals surface area contributed by atoms with Gasteiger partial charge in [0.1, 0.15) is 0 Å². The van der Waals surface area contributed by atoms with Gasteiger partial charge in [-0.2, -0.15) is 5.10 Å². The number of carbonyl (C=O) groups excluding carboxylic acids is 1. The Kier molecular flexibility index (Phi) is 6.15. The standard InChI is InChI=1S/C24H25N5O2S/c30-24(18-4-6-19(7-5-18)29-9-11-31-12-10-29)26-23-21-14-17(3-8-22(21)27-28-23)15-25-16-20-2-1-13-32-20/h1-8,13-14,25H,9-12,15-16H2,(H2,26,27,28,30). The second kappa shape index (κ2) is 9.52. The number of aromatic amines is 1. The van der Waals surface area contributed by atoms with Gasteiger partial charge in [-0.1, -0.05) is 12.1 Å². The number of benzene rings is 2. The summed E-state index contributed by atoms with van der Waals surface area (Å²) in [5.74, 6) is 0.371. The van der Waals surface area contributed by atoms with Crippen molar-refractivity contribution in [1.29, 1.82) is 0 Å². The van der Waals surface area contributed by atoms with E-state index in [2.05, 4.69) is 55.4 Å². The van der Waals surface area contributed by atoms with Crippen LogP contribution in [0.25, 0.3) is 10.9 Å². The average molecular weight is 448 g/mol. The van der Waals surface area contributed by atoms with Crippen molar-refractivity contribution >= 4 is 39.7 Å². The van der Waals surface area contributed by atoms with Crippen molar-refractivity contribution in [3.63, 3.8) is 0 Å². The van der Waals surface area contributed by atoms with Crippen molar-refractivity contribution in [3.05, 3.63) is 76.0 Å². The zero-order valence-corrected chi connectivity index (χ0v) is 18.5. The fraction of sp³-hybridized carbons (Fsp3) is 0.250. The van der Waals surface area contributed by atoms with Gasteiger partial charge in [-0.05, 0) is 53.4 Å². The van der Waals surface area contributed by atoms with Crippen LogP contribution in [-0.2, 0) is 17.8 Å². The van der Waals surface area contributed by atoms with Gasteiger partial charge in [-0.3, -0.25) is 9.89 Å². The van der Waals surface area contributed by atoms with E-state index >= 15 is 0 Å². The number of ether oxygens (including phenoxy) is 1. The Bertz CT molecular complexity index is 1180. The second-order valence-corrected chi connectivity index (χ2v) is 8.77. The molecule has 3 heterocycles. The van der Waals surface area contributed by atoms with Crippen molar-refractivity contribution in [2.75, 3.05) is 36.5 Å². The third kappa shape index (κ3) is 4.67. The first kappa shape index (κ1) is 20.7. The lowest BCUT2D eigenvalue weighted by Gasteiger charge is -2.28. The summed E-state index contributed by atoms with van der Waals surface area (Å²) in [6.45, 7) is 4.80. The molecule has 0 aliphatic carbocycles. The summed E-state index contributed by atoms with van der Waals surface area (Å²) in [5.41, 5.74) is 3.74. The van der Waals surface area contributed by atoms with Gasteiger partial charge < -0.3 is 20.3 Å². The number of fused-ring (bicyclic) bond motifs is 1. The average Bonchev–Trinajstić information content (AvgIpc) is 3.50. The van der Waals surface area contributed by atoms with E-state index in [1.807, 2.05) is 30.3 Å². The number of hydrogen-bond donors (Lipinski definition) is 3. The molecule has 1 fully saturated rings. The van der Waals surface area contributed by atoms with Crippen LogP contribution in [0.4, 0.5) is 11.5 Å². The molecule has 5 rings (SSSR count). The molecule has 4 aromatic rings. The Hall–Kier alpha value is -3.20. The number of H-pyrrole nitrogens is 1. The minimum Gasteiger partial charge on any atom is -0.378 e. The van der Waals surface area contributed by atoms with Crippen LogP contribution in [0, 0.1) is 0 Å². The van der Waals surface area contributed by atoms with E-state index in [0.29, 0.717) is 11.4 Å². The first-order valence-corrected chi connectivity index (χ1v) is 11.6. The number of morpholine rings is 1. The fourth-order valence-corrected chi connectivity index (χ4v) is 4.51. The highest BCUT2D eigenvalue weighted by Gasteiger charge is 2.14. The summed E-state index contributed by atoms with van der Waals surface area (Å²) >= 11 is 1.74. The summed E-state index contributed by atoms with van der Waals surface area (Å²) < 4.78 is 5.40. The number of anilines is 2. The van der Waals surface area contributed by atoms with Gasteiger partial charge in [-0.15, -0.1) is 11.3 Å². The van der Waals surface area contributed by atoms with Crippen LogP contribution in [-0.4, -0.2) is 42.4 Å². The highest BCUT2D eigenvalue weighted by molar-refractivity contribution is 7.09. The van der Waals surface area contributed by atoms with Crippen molar-refractivity contribution in [2.24, 2.45) is 0 Å². The molecule has 0 atom stereocenters. The van der Waals surface area contributed by atoms with Crippen molar-refractivity contribution in [3.8, 4) is 0 Å². The van der Waals surface area contributed by atoms with Crippen LogP contribution in [0.2, 0.25) is 0 Å². The Labute approximate surface area is 190 Å². The highest BCUT2D eigenvalue weighted by Crippen LogP contribution is 2.23. The molecule has 0 unspecified atom stereocenters. The quantitative estimate of drug-likeness (QED) is 0.399. The molecule has 3 N–H and O–H groups in total. The first-order valence-electron chi connectivity index (χ1n) is 10.7. The molecule has 1 amide bonds. The van der Waals surface area contributed by atoms with E-state index in [9.17, 15) is 4.79 Å². The van der Waals surface area contributed by atoms with Crippen LogP contribution in [0.5, 0.6) is 0 Å². The predicted octanol–water partition coefficient (Wildman–Crippen LogP) is 4.00. The molecule has 7 nitrogen and oxygen atoms in total. The van der Waals surface area contributed by atoms with E-state index < -0.39 is 0 Å². The monoisotopic (exact) mass is 447 g/mol. The second-order valence-electron chi connectivity index (χ2n) is 7.74. The third-order valence-electron chi connectivity index (χ3n) is 5.57. The number of amides is 1. The largest absolute Gasteiger partial charge is 0.378 e. The number of thiophene rings is 1. The Balaban J connectivity index is 1.25. The van der Waals surface area contributed by atoms with E-state index in [1.54, 1.807) is 11.3 Å². The summed E-state index contributed by atoms with van der Waals surface area (Å²) in [6.07, 6.45) is 0. The number of carbonyl (C=O) groups is 1. The summed E-state index contributed by atoms with van der Waals surface area (Å²) in [7, 11) is 0. The Morgan fingerprint density at radius 2 is 1.94 bits per heavy atom. The summed E-state index contributed by atoms with van der Waals surface area (Å²) in [6, 6.07) is 18.0. The molecule has 1 aliphatic heterocycles. The normalized spacial score (nSPS) is 14.1. The van der Waals surface area contributed by atoms with Gasteiger partial charge in [0.05, 0.1) is 18.7 Å². The highest BCUT2D eigenvalue weighted by atomic mass is 32.1. The van der Waals surface area contributed by atoms with Gasteiger partial charge in [0, 0.05) is 47.7 Å². The number of hydrogen-bond acceptors (Lipinski definition) is 6. The Morgan fingerprint density at radius 3 is 2.72 bits per heavy atom. The molecule has 0 bridgehead atoms. The Morgan fingerprint density at radius 1 is 1.09 bits per heavy atom. The molecule has 2 aromatic heterocycles. The zero-order chi connectivity index (χ0) is 21.8. The molecule has 0 radical (unpaired) electrons. The number of rotatable bonds is 7. The SMILES string of the molecule is O=C(Nc1n[nH]c2ccc(CNCc3cccs3)cc12)c1ccc(N2CCOCC2)cc1. The van der Waals surface area contributed by atoms with E-state index in [4.69, 9.17) is 4.74 Å². The molecule has 32 heavy (non-hydrogen) atoms. The molecular formula is C24H25N5O2S. The molecule has 0 saturated carbocycles. The van der Waals surface area contributed by atoms with Crippen LogP contribution in [0.1, 0.15) is 20.8 Å². The minimum absolute atomic E-state index is 0.173. The molecule has 1 saturated heterocycles. The minimum atomic E-state index is -0.173. The maximum atomic E-state index is 12.8. The van der Waals surface area contributed by atoms with Gasteiger partial charge >= 0.3 is 0 Å². The number of nitrogens with one attached hydrogen (secondary N) is 3. The van der Waals surface area contributed by atoms with Crippen molar-refractivity contribution < 1.29 is 9.53 Å². The third-order valence-corrected chi connectivity index (χ3v) is 6.45. The van der Waals surface area contributed by atoms with Gasteiger partial charge in [0.15, 0.2) is 5.82 Å². The van der Waals surface area contributed by atoms with E-state index in [-0.39, 0.29) is 5.91 Å². The van der Waals surface area contributed by atoms with Crippen molar-refractivity contribution in [1.82, 2.24) is 15.5 Å². The first-order chi connectivity index (χ1) is 15.8. The fourth-order valence-electron chi connectivity index (χ4n) is 3.83. The van der Waals surface area contributed by atoms with Gasteiger partial charge in [-0.25, -0.2) is 0 Å². The van der Waals surface area contributed by atoms with Crippen LogP contribution in [0.3, 0.4) is 0 Å². The van der Waals surface area contributed by atoms with Crippen molar-refractivity contribution in [2.45, 2.75) is 13.1 Å². The van der Waals surface area contributed by atoms with Crippen LogP contribution < -0.4 is 15.5 Å². The zero-order valence-electron chi connectivity index (χ0n) is 17.6. The molecule has 1 aliphatic rings. The lowest BCUT2D eigenvalue weighted by molar-refractivity contribution is 0.102. The summed E-state index contributed by atoms with van der Waals surface area (Å²) in [4.78, 5) is 16.4. The van der Waals surface area contributed by atoms with Crippen LogP contribution >= 0.6 is 11.3 Å². The molecular weight excluding hydrogens is 422 g/mol. The van der Waals surface area contributed by atoms with E-state index in [0.717, 1.165) is 61.5 Å². The topological polar surface area (TPSA) is 82.3 Å². The lowest BCUT2D eigenvalue weighted by Crippen LogP contribution is -2.36. The maximum Gasteiger partial charge on any atom is 0.256 e. The predicted molar refractivity (Wildman–Crippen MR) is 128 cm³/mol. The maximum absolute atomic E-state index is 12.8. The lowest BCUT2D eigenvalue weighted by atomic mass is 10.1. The molecule has 8 heteroatoms. The van der Waals surface area contributed by atoms with Gasteiger partial charge in [0.25, 0.3) is 5.91 Å². The molecule has 164 valence electrons. The van der Waals surface area contributed by atoms with Crippen LogP contribution in [0.15, 0.2) is 60.0 Å². The summed E-state index contributed by atoms with van der Waals surface area (Å²) in [5, 5.41) is 16.7. The number of aromatic nitrogens is 2. The molecule has 0 spiro atoms.